The summed E-state index contributed by atoms with van der Waals surface area (Å²) in [5, 5.41) is 2.81. The Hall–Kier alpha value is -3.45. The molecular formula is C23H22N2O4S. The zero-order valence-electron chi connectivity index (χ0n) is 16.4. The van der Waals surface area contributed by atoms with Crippen LogP contribution in [0.15, 0.2) is 89.8 Å². The molecule has 0 aromatic heterocycles. The average Bonchev–Trinajstić information content (AvgIpc) is 2.73. The van der Waals surface area contributed by atoms with Crippen LogP contribution < -0.4 is 10.0 Å². The second-order valence-electron chi connectivity index (χ2n) is 6.81. The third kappa shape index (κ3) is 5.55. The van der Waals surface area contributed by atoms with E-state index in [-0.39, 0.29) is 23.1 Å². The van der Waals surface area contributed by atoms with Crippen LogP contribution in [0.4, 0.5) is 5.69 Å². The van der Waals surface area contributed by atoms with Gasteiger partial charge < -0.3 is 5.32 Å². The summed E-state index contributed by atoms with van der Waals surface area (Å²) >= 11 is 0. The third-order valence-corrected chi connectivity index (χ3v) is 5.97. The molecule has 3 rings (SSSR count). The van der Waals surface area contributed by atoms with Crippen molar-refractivity contribution in [3.8, 4) is 0 Å². The predicted octanol–water partition coefficient (Wildman–Crippen LogP) is 3.67. The van der Waals surface area contributed by atoms with Crippen molar-refractivity contribution in [1.29, 1.82) is 0 Å². The summed E-state index contributed by atoms with van der Waals surface area (Å²) in [6.07, 6.45) is 0.236. The summed E-state index contributed by atoms with van der Waals surface area (Å²) in [6.45, 7) is 1.13. The molecule has 0 aliphatic heterocycles. The highest BCUT2D eigenvalue weighted by Crippen LogP contribution is 2.28. The Kier molecular flexibility index (Phi) is 6.64. The Balaban J connectivity index is 1.74. The van der Waals surface area contributed by atoms with E-state index in [0.29, 0.717) is 5.69 Å². The van der Waals surface area contributed by atoms with Gasteiger partial charge in [-0.1, -0.05) is 60.7 Å². The molecular weight excluding hydrogens is 400 g/mol. The van der Waals surface area contributed by atoms with E-state index in [9.17, 15) is 18.0 Å². The number of nitrogens with one attached hydrogen (secondary N) is 2. The second kappa shape index (κ2) is 9.37. The van der Waals surface area contributed by atoms with Crippen LogP contribution in [0.2, 0.25) is 0 Å². The van der Waals surface area contributed by atoms with Gasteiger partial charge in [0.25, 0.3) is 10.0 Å². The fourth-order valence-electron chi connectivity index (χ4n) is 3.16. The van der Waals surface area contributed by atoms with Crippen molar-refractivity contribution in [3.63, 3.8) is 0 Å². The maximum absolute atomic E-state index is 12.7. The van der Waals surface area contributed by atoms with Crippen molar-refractivity contribution < 1.29 is 18.0 Å². The summed E-state index contributed by atoms with van der Waals surface area (Å²) in [5.74, 6) is -0.961. The lowest BCUT2D eigenvalue weighted by molar-refractivity contribution is -0.117. The van der Waals surface area contributed by atoms with Gasteiger partial charge in [-0.25, -0.2) is 13.1 Å². The van der Waals surface area contributed by atoms with Crippen molar-refractivity contribution >= 4 is 27.5 Å². The van der Waals surface area contributed by atoms with E-state index in [1.165, 1.54) is 24.3 Å². The highest BCUT2D eigenvalue weighted by molar-refractivity contribution is 7.90. The maximum atomic E-state index is 12.7. The zero-order valence-corrected chi connectivity index (χ0v) is 17.2. The number of anilines is 1. The molecule has 0 radical (unpaired) electrons. The monoisotopic (exact) mass is 422 g/mol. The highest BCUT2D eigenvalue weighted by atomic mass is 32.2. The predicted molar refractivity (Wildman–Crippen MR) is 115 cm³/mol. The Morgan fingerprint density at radius 1 is 0.800 bits per heavy atom. The van der Waals surface area contributed by atoms with Crippen LogP contribution in [0.25, 0.3) is 0 Å². The maximum Gasteiger partial charge on any atom is 0.264 e. The van der Waals surface area contributed by atoms with Gasteiger partial charge in [0, 0.05) is 24.9 Å². The highest BCUT2D eigenvalue weighted by Gasteiger charge is 2.19. The van der Waals surface area contributed by atoms with E-state index in [1.54, 1.807) is 0 Å². The van der Waals surface area contributed by atoms with Crippen LogP contribution >= 0.6 is 0 Å². The minimum absolute atomic E-state index is 0.0536. The third-order valence-electron chi connectivity index (χ3n) is 4.52. The number of sulfonamides is 1. The molecule has 0 saturated carbocycles. The largest absolute Gasteiger partial charge is 0.326 e. The summed E-state index contributed by atoms with van der Waals surface area (Å²) < 4.78 is 25.9. The molecule has 0 bridgehead atoms. The molecule has 0 unspecified atom stereocenters. The summed E-state index contributed by atoms with van der Waals surface area (Å²) in [7, 11) is -3.91. The lowest BCUT2D eigenvalue weighted by Gasteiger charge is -2.18. The molecule has 2 N–H and O–H groups in total. The topological polar surface area (TPSA) is 92.3 Å². The summed E-state index contributed by atoms with van der Waals surface area (Å²) in [6, 6.07) is 25.3. The van der Waals surface area contributed by atoms with Crippen LogP contribution in [0, 0.1) is 0 Å². The molecule has 0 aliphatic rings. The van der Waals surface area contributed by atoms with Gasteiger partial charge in [-0.3, -0.25) is 9.59 Å². The molecule has 0 aliphatic carbocycles. The fraction of sp³-hybridized carbons (Fsp3) is 0.130. The van der Waals surface area contributed by atoms with E-state index in [1.807, 2.05) is 65.4 Å². The molecule has 0 heterocycles. The number of carbonyl (C=O) groups excluding carboxylic acids is 2. The smallest absolute Gasteiger partial charge is 0.264 e. The van der Waals surface area contributed by atoms with Crippen LogP contribution in [-0.2, 0) is 19.6 Å². The van der Waals surface area contributed by atoms with Crippen molar-refractivity contribution in [1.82, 2.24) is 4.72 Å². The molecule has 0 atom stereocenters. The first-order chi connectivity index (χ1) is 14.3. The van der Waals surface area contributed by atoms with Gasteiger partial charge in [0.2, 0.25) is 11.8 Å². The standard InChI is InChI=1S/C23H22N2O4S/c1-17(26)25-30(28,29)21-14-12-20(13-15-21)24-23(27)16-22(18-8-4-2-5-9-18)19-10-6-3-7-11-19/h2-15,22H,16H2,1H3,(H,24,27)(H,25,26). The first-order valence-corrected chi connectivity index (χ1v) is 10.9. The molecule has 3 aromatic rings. The number of hydrogen-bond donors (Lipinski definition) is 2. The van der Waals surface area contributed by atoms with Crippen molar-refractivity contribution in [3.05, 3.63) is 96.1 Å². The number of hydrogen-bond acceptors (Lipinski definition) is 4. The molecule has 6 nitrogen and oxygen atoms in total. The van der Waals surface area contributed by atoms with Crippen molar-refractivity contribution in [2.24, 2.45) is 0 Å². The second-order valence-corrected chi connectivity index (χ2v) is 8.49. The normalized spacial score (nSPS) is 11.1. The Labute approximate surface area is 176 Å². The minimum atomic E-state index is -3.91. The lowest BCUT2D eigenvalue weighted by Crippen LogP contribution is -2.28. The van der Waals surface area contributed by atoms with E-state index >= 15 is 0 Å². The van der Waals surface area contributed by atoms with Crippen molar-refractivity contribution in [2.75, 3.05) is 5.32 Å². The number of carbonyl (C=O) groups is 2. The molecule has 0 saturated heterocycles. The molecule has 30 heavy (non-hydrogen) atoms. The van der Waals surface area contributed by atoms with E-state index in [0.717, 1.165) is 18.1 Å². The molecule has 7 heteroatoms. The van der Waals surface area contributed by atoms with E-state index in [2.05, 4.69) is 5.32 Å². The lowest BCUT2D eigenvalue weighted by atomic mass is 9.88. The van der Waals surface area contributed by atoms with Gasteiger partial charge in [0.15, 0.2) is 0 Å². The Morgan fingerprint density at radius 2 is 1.30 bits per heavy atom. The first kappa shape index (κ1) is 21.3. The summed E-state index contributed by atoms with van der Waals surface area (Å²) in [4.78, 5) is 23.7. The zero-order chi connectivity index (χ0) is 21.6. The molecule has 154 valence electrons. The SMILES string of the molecule is CC(=O)NS(=O)(=O)c1ccc(NC(=O)CC(c2ccccc2)c2ccccc2)cc1. The van der Waals surface area contributed by atoms with E-state index in [4.69, 9.17) is 0 Å². The molecule has 0 fully saturated rings. The van der Waals surface area contributed by atoms with Gasteiger partial charge in [-0.05, 0) is 35.4 Å². The van der Waals surface area contributed by atoms with Crippen molar-refractivity contribution in [2.45, 2.75) is 24.2 Å². The number of benzene rings is 3. The quantitative estimate of drug-likeness (QED) is 0.608. The van der Waals surface area contributed by atoms with Crippen LogP contribution in [-0.4, -0.2) is 20.2 Å². The van der Waals surface area contributed by atoms with Gasteiger partial charge in [-0.2, -0.15) is 0 Å². The van der Waals surface area contributed by atoms with Gasteiger partial charge >= 0.3 is 0 Å². The Morgan fingerprint density at radius 3 is 1.77 bits per heavy atom. The molecule has 2 amide bonds. The van der Waals surface area contributed by atoms with Gasteiger partial charge in [0.1, 0.15) is 0 Å². The Bertz CT molecular complexity index is 1070. The molecule has 0 spiro atoms. The van der Waals surface area contributed by atoms with E-state index < -0.39 is 15.9 Å². The van der Waals surface area contributed by atoms with Gasteiger partial charge in [0.05, 0.1) is 4.90 Å². The first-order valence-electron chi connectivity index (χ1n) is 9.38. The van der Waals surface area contributed by atoms with Crippen LogP contribution in [0.5, 0.6) is 0 Å². The minimum Gasteiger partial charge on any atom is -0.326 e. The number of amides is 2. The van der Waals surface area contributed by atoms with Gasteiger partial charge in [-0.15, -0.1) is 0 Å². The summed E-state index contributed by atoms with van der Waals surface area (Å²) in [5.41, 5.74) is 2.55. The van der Waals surface area contributed by atoms with Crippen LogP contribution in [0.3, 0.4) is 0 Å². The fourth-order valence-corrected chi connectivity index (χ4v) is 4.15. The number of rotatable bonds is 7. The van der Waals surface area contributed by atoms with Crippen LogP contribution in [0.1, 0.15) is 30.4 Å². The average molecular weight is 423 g/mol. The molecule has 3 aromatic carbocycles.